The molecule has 18 heavy (non-hydrogen) atoms. The Hall–Kier alpha value is -0.850. The molecule has 2 rings (SSSR count). The quantitative estimate of drug-likeness (QED) is 0.873. The largest absolute Gasteiger partial charge is 0.312 e. The summed E-state index contributed by atoms with van der Waals surface area (Å²) in [5.74, 6) is 1.85. The molecule has 1 aliphatic carbocycles. The Labute approximate surface area is 114 Å². The maximum absolute atomic E-state index is 8.76. The lowest BCUT2D eigenvalue weighted by atomic mass is 9.81. The summed E-state index contributed by atoms with van der Waals surface area (Å²) in [6.45, 7) is 4.36. The van der Waals surface area contributed by atoms with Gasteiger partial charge >= 0.3 is 0 Å². The minimum absolute atomic E-state index is 0.792. The molecule has 98 valence electrons. The van der Waals surface area contributed by atoms with E-state index in [1.54, 1.807) is 11.3 Å². The molecule has 0 unspecified atom stereocenters. The Balaban J connectivity index is 1.65. The lowest BCUT2D eigenvalue weighted by Crippen LogP contribution is -2.25. The van der Waals surface area contributed by atoms with Gasteiger partial charge in [0.1, 0.15) is 6.07 Å². The molecule has 0 radical (unpaired) electrons. The number of nitrogens with zero attached hydrogens (tertiary/aromatic N) is 1. The number of nitriles is 1. The van der Waals surface area contributed by atoms with E-state index in [-0.39, 0.29) is 0 Å². The van der Waals surface area contributed by atoms with E-state index in [0.29, 0.717) is 0 Å². The minimum atomic E-state index is 0.792. The van der Waals surface area contributed by atoms with Gasteiger partial charge in [-0.25, -0.2) is 0 Å². The highest BCUT2D eigenvalue weighted by Gasteiger charge is 2.19. The topological polar surface area (TPSA) is 35.8 Å². The number of hydrogen-bond donors (Lipinski definition) is 1. The fraction of sp³-hybridized carbons (Fsp3) is 0.667. The van der Waals surface area contributed by atoms with Crippen molar-refractivity contribution in [2.24, 2.45) is 11.8 Å². The van der Waals surface area contributed by atoms with Gasteiger partial charge in [-0.3, -0.25) is 0 Å². The third kappa shape index (κ3) is 3.83. The van der Waals surface area contributed by atoms with Crippen molar-refractivity contribution in [2.75, 3.05) is 6.54 Å². The van der Waals surface area contributed by atoms with Crippen LogP contribution in [0.5, 0.6) is 0 Å². The maximum atomic E-state index is 8.76. The summed E-state index contributed by atoms with van der Waals surface area (Å²) in [7, 11) is 0. The van der Waals surface area contributed by atoms with Crippen molar-refractivity contribution < 1.29 is 0 Å². The van der Waals surface area contributed by atoms with Gasteiger partial charge in [0.05, 0.1) is 5.56 Å². The summed E-state index contributed by atoms with van der Waals surface area (Å²) in [5, 5.41) is 14.2. The molecule has 0 aliphatic heterocycles. The van der Waals surface area contributed by atoms with Crippen molar-refractivity contribution in [3.8, 4) is 6.07 Å². The highest BCUT2D eigenvalue weighted by molar-refractivity contribution is 7.10. The first-order chi connectivity index (χ1) is 8.81. The molecule has 0 saturated heterocycles. The number of nitrogens with one attached hydrogen (secondary N) is 1. The molecule has 1 aromatic heterocycles. The van der Waals surface area contributed by atoms with E-state index in [1.165, 1.54) is 37.0 Å². The summed E-state index contributed by atoms with van der Waals surface area (Å²) < 4.78 is 0. The second kappa shape index (κ2) is 6.92. The van der Waals surface area contributed by atoms with Gasteiger partial charge in [0, 0.05) is 16.8 Å². The van der Waals surface area contributed by atoms with E-state index in [0.717, 1.165) is 30.5 Å². The highest BCUT2D eigenvalue weighted by Crippen LogP contribution is 2.30. The predicted molar refractivity (Wildman–Crippen MR) is 76.5 cm³/mol. The van der Waals surface area contributed by atoms with Crippen molar-refractivity contribution >= 4 is 11.3 Å². The molecule has 1 saturated carbocycles. The van der Waals surface area contributed by atoms with Crippen LogP contribution in [-0.4, -0.2) is 6.54 Å². The Kier molecular flexibility index (Phi) is 5.22. The molecule has 1 heterocycles. The van der Waals surface area contributed by atoms with E-state index in [4.69, 9.17) is 5.26 Å². The molecule has 0 bridgehead atoms. The van der Waals surface area contributed by atoms with Gasteiger partial charge in [-0.2, -0.15) is 5.26 Å². The van der Waals surface area contributed by atoms with E-state index in [9.17, 15) is 0 Å². The molecule has 1 fully saturated rings. The normalized spacial score (nSPS) is 23.8. The van der Waals surface area contributed by atoms with Crippen LogP contribution in [0.3, 0.4) is 0 Å². The zero-order valence-electron chi connectivity index (χ0n) is 11.1. The van der Waals surface area contributed by atoms with Gasteiger partial charge in [0.25, 0.3) is 0 Å². The van der Waals surface area contributed by atoms with E-state index in [2.05, 4.69) is 18.3 Å². The number of thiophene rings is 1. The van der Waals surface area contributed by atoms with Crippen LogP contribution in [0.15, 0.2) is 11.4 Å². The van der Waals surface area contributed by atoms with Gasteiger partial charge in [-0.1, -0.05) is 26.2 Å². The monoisotopic (exact) mass is 262 g/mol. The van der Waals surface area contributed by atoms with E-state index in [1.807, 2.05) is 11.4 Å². The summed E-state index contributed by atoms with van der Waals surface area (Å²) in [5.41, 5.74) is 0.792. The zero-order chi connectivity index (χ0) is 12.8. The van der Waals surface area contributed by atoms with Crippen LogP contribution in [0.1, 0.15) is 49.5 Å². The van der Waals surface area contributed by atoms with E-state index < -0.39 is 0 Å². The van der Waals surface area contributed by atoms with Gasteiger partial charge in [0.15, 0.2) is 0 Å². The fourth-order valence-electron chi connectivity index (χ4n) is 2.78. The highest BCUT2D eigenvalue weighted by atomic mass is 32.1. The average molecular weight is 262 g/mol. The van der Waals surface area contributed by atoms with Crippen molar-refractivity contribution in [1.82, 2.24) is 5.32 Å². The first kappa shape index (κ1) is 13.6. The molecule has 0 atom stereocenters. The van der Waals surface area contributed by atoms with Crippen molar-refractivity contribution in [3.63, 3.8) is 0 Å². The number of rotatable bonds is 5. The van der Waals surface area contributed by atoms with Crippen LogP contribution in [0.25, 0.3) is 0 Å². The van der Waals surface area contributed by atoms with Crippen molar-refractivity contribution in [2.45, 2.75) is 45.6 Å². The summed E-state index contributed by atoms with van der Waals surface area (Å²) >= 11 is 1.68. The molecule has 1 aliphatic rings. The lowest BCUT2D eigenvalue weighted by molar-refractivity contribution is 0.262. The average Bonchev–Trinajstić information content (AvgIpc) is 2.87. The standard InChI is InChI=1S/C15H22N2S/c1-2-12-3-5-13(6-4-12)9-17-10-15-7-14(8-16)11-18-15/h7,11-13,17H,2-6,9-10H2,1H3. The molecule has 0 spiro atoms. The third-order valence-electron chi connectivity index (χ3n) is 4.06. The molecule has 0 aromatic carbocycles. The van der Waals surface area contributed by atoms with Crippen LogP contribution >= 0.6 is 11.3 Å². The molecular weight excluding hydrogens is 240 g/mol. The van der Waals surface area contributed by atoms with Gasteiger partial charge in [-0.15, -0.1) is 11.3 Å². The summed E-state index contributed by atoms with van der Waals surface area (Å²) in [6, 6.07) is 4.17. The van der Waals surface area contributed by atoms with Crippen LogP contribution in [0.4, 0.5) is 0 Å². The van der Waals surface area contributed by atoms with E-state index >= 15 is 0 Å². The Bertz CT molecular complexity index is 397. The van der Waals surface area contributed by atoms with Gasteiger partial charge in [-0.05, 0) is 37.3 Å². The van der Waals surface area contributed by atoms with Gasteiger partial charge < -0.3 is 5.32 Å². The van der Waals surface area contributed by atoms with Crippen LogP contribution in [0, 0.1) is 23.2 Å². The number of hydrogen-bond acceptors (Lipinski definition) is 3. The summed E-state index contributed by atoms with van der Waals surface area (Å²) in [6.07, 6.45) is 6.96. The lowest BCUT2D eigenvalue weighted by Gasteiger charge is -2.27. The molecule has 1 N–H and O–H groups in total. The Morgan fingerprint density at radius 2 is 2.06 bits per heavy atom. The predicted octanol–water partition coefficient (Wildman–Crippen LogP) is 3.93. The molecule has 0 amide bonds. The fourth-order valence-corrected chi connectivity index (χ4v) is 3.55. The van der Waals surface area contributed by atoms with Gasteiger partial charge in [0.2, 0.25) is 0 Å². The van der Waals surface area contributed by atoms with Crippen LogP contribution < -0.4 is 5.32 Å². The Morgan fingerprint density at radius 1 is 1.33 bits per heavy atom. The SMILES string of the molecule is CCC1CCC(CNCc2cc(C#N)cs2)CC1. The minimum Gasteiger partial charge on any atom is -0.312 e. The second-order valence-electron chi connectivity index (χ2n) is 5.34. The zero-order valence-corrected chi connectivity index (χ0v) is 11.9. The molecule has 1 aromatic rings. The molecule has 2 nitrogen and oxygen atoms in total. The molecular formula is C15H22N2S. The van der Waals surface area contributed by atoms with Crippen LogP contribution in [-0.2, 0) is 6.54 Å². The van der Waals surface area contributed by atoms with Crippen molar-refractivity contribution in [1.29, 1.82) is 5.26 Å². The first-order valence-corrected chi connectivity index (χ1v) is 7.88. The Morgan fingerprint density at radius 3 is 2.67 bits per heavy atom. The third-order valence-corrected chi connectivity index (χ3v) is 5.00. The molecule has 3 heteroatoms. The first-order valence-electron chi connectivity index (χ1n) is 7.00. The second-order valence-corrected chi connectivity index (χ2v) is 6.34. The maximum Gasteiger partial charge on any atom is 0.100 e. The van der Waals surface area contributed by atoms with Crippen LogP contribution in [0.2, 0.25) is 0 Å². The van der Waals surface area contributed by atoms with Crippen molar-refractivity contribution in [3.05, 3.63) is 21.9 Å². The smallest absolute Gasteiger partial charge is 0.100 e. The summed E-state index contributed by atoms with van der Waals surface area (Å²) in [4.78, 5) is 1.27.